The average molecular weight is 212 g/mol. The lowest BCUT2D eigenvalue weighted by Gasteiger charge is -2.03. The number of carboxylic acids is 2. The molecule has 0 aliphatic rings. The first-order chi connectivity index (χ1) is 6.91. The van der Waals surface area contributed by atoms with Gasteiger partial charge in [0, 0.05) is 18.8 Å². The van der Waals surface area contributed by atoms with Crippen LogP contribution in [0.15, 0.2) is 6.20 Å². The van der Waals surface area contributed by atoms with Crippen molar-refractivity contribution in [1.82, 2.24) is 9.78 Å². The topological polar surface area (TPSA) is 92.4 Å². The Morgan fingerprint density at radius 2 is 2.13 bits per heavy atom. The lowest BCUT2D eigenvalue weighted by molar-refractivity contribution is -0.141. The number of carboxylic acid groups (broad SMARTS) is 2. The van der Waals surface area contributed by atoms with Crippen LogP contribution in [0.4, 0.5) is 0 Å². The van der Waals surface area contributed by atoms with E-state index in [9.17, 15) is 9.59 Å². The van der Waals surface area contributed by atoms with E-state index in [0.717, 1.165) is 0 Å². The molecule has 0 aliphatic carbocycles. The Morgan fingerprint density at radius 3 is 2.60 bits per heavy atom. The van der Waals surface area contributed by atoms with Gasteiger partial charge in [-0.2, -0.15) is 5.10 Å². The molecule has 1 heterocycles. The SMILES string of the molecule is CC(Cc1cn(C)nc1C(=O)O)C(=O)O. The predicted molar refractivity (Wildman–Crippen MR) is 50.7 cm³/mol. The molecule has 0 aromatic carbocycles. The third-order valence-electron chi connectivity index (χ3n) is 2.05. The first-order valence-electron chi connectivity index (χ1n) is 4.40. The van der Waals surface area contributed by atoms with Gasteiger partial charge in [0.05, 0.1) is 5.92 Å². The molecule has 1 unspecified atom stereocenters. The van der Waals surface area contributed by atoms with E-state index < -0.39 is 17.9 Å². The number of rotatable bonds is 4. The van der Waals surface area contributed by atoms with Crippen molar-refractivity contribution in [1.29, 1.82) is 0 Å². The van der Waals surface area contributed by atoms with Gasteiger partial charge in [-0.25, -0.2) is 4.79 Å². The summed E-state index contributed by atoms with van der Waals surface area (Å²) in [5.41, 5.74) is 0.366. The highest BCUT2D eigenvalue weighted by molar-refractivity contribution is 5.87. The number of aryl methyl sites for hydroxylation is 1. The highest BCUT2D eigenvalue weighted by Gasteiger charge is 2.19. The van der Waals surface area contributed by atoms with Crippen molar-refractivity contribution < 1.29 is 19.8 Å². The number of hydrogen-bond donors (Lipinski definition) is 2. The summed E-state index contributed by atoms with van der Waals surface area (Å²) in [5.74, 6) is -2.70. The number of aliphatic carboxylic acids is 1. The van der Waals surface area contributed by atoms with Gasteiger partial charge in [-0.3, -0.25) is 9.48 Å². The Morgan fingerprint density at radius 1 is 1.53 bits per heavy atom. The third kappa shape index (κ3) is 2.55. The maximum absolute atomic E-state index is 10.8. The van der Waals surface area contributed by atoms with Crippen LogP contribution in [0.5, 0.6) is 0 Å². The molecule has 6 nitrogen and oxygen atoms in total. The van der Waals surface area contributed by atoms with Gasteiger partial charge in [0.2, 0.25) is 0 Å². The molecule has 1 rings (SSSR count). The molecule has 0 saturated heterocycles. The Kier molecular flexibility index (Phi) is 3.08. The number of aromatic carboxylic acids is 1. The van der Waals surface area contributed by atoms with E-state index in [2.05, 4.69) is 5.10 Å². The molecule has 0 saturated carbocycles. The highest BCUT2D eigenvalue weighted by atomic mass is 16.4. The van der Waals surface area contributed by atoms with Crippen molar-refractivity contribution in [2.24, 2.45) is 13.0 Å². The summed E-state index contributed by atoms with van der Waals surface area (Å²) in [6, 6.07) is 0. The molecule has 15 heavy (non-hydrogen) atoms. The number of hydrogen-bond acceptors (Lipinski definition) is 3. The molecule has 0 bridgehead atoms. The van der Waals surface area contributed by atoms with Crippen molar-refractivity contribution in [2.75, 3.05) is 0 Å². The van der Waals surface area contributed by atoms with Crippen molar-refractivity contribution in [3.8, 4) is 0 Å². The van der Waals surface area contributed by atoms with Crippen molar-refractivity contribution in [3.63, 3.8) is 0 Å². The summed E-state index contributed by atoms with van der Waals surface area (Å²) >= 11 is 0. The molecule has 0 aliphatic heterocycles. The Labute approximate surface area is 86.1 Å². The maximum atomic E-state index is 10.8. The zero-order valence-corrected chi connectivity index (χ0v) is 8.47. The van der Waals surface area contributed by atoms with Crippen LogP contribution in [0.25, 0.3) is 0 Å². The molecule has 0 amide bonds. The second-order valence-corrected chi connectivity index (χ2v) is 3.43. The highest BCUT2D eigenvalue weighted by Crippen LogP contribution is 2.12. The lowest BCUT2D eigenvalue weighted by atomic mass is 10.0. The zero-order chi connectivity index (χ0) is 11.6. The fraction of sp³-hybridized carbons (Fsp3) is 0.444. The molecule has 2 N–H and O–H groups in total. The molecule has 82 valence electrons. The van der Waals surface area contributed by atoms with E-state index in [1.54, 1.807) is 7.05 Å². The molecule has 1 aromatic rings. The van der Waals surface area contributed by atoms with E-state index in [0.29, 0.717) is 5.56 Å². The van der Waals surface area contributed by atoms with Crippen LogP contribution >= 0.6 is 0 Å². The van der Waals surface area contributed by atoms with Gasteiger partial charge in [-0.1, -0.05) is 6.92 Å². The van der Waals surface area contributed by atoms with E-state index in [-0.39, 0.29) is 12.1 Å². The van der Waals surface area contributed by atoms with E-state index >= 15 is 0 Å². The van der Waals surface area contributed by atoms with E-state index in [1.807, 2.05) is 0 Å². The minimum Gasteiger partial charge on any atom is -0.481 e. The van der Waals surface area contributed by atoms with Gasteiger partial charge in [0.15, 0.2) is 5.69 Å². The van der Waals surface area contributed by atoms with Crippen molar-refractivity contribution in [2.45, 2.75) is 13.3 Å². The van der Waals surface area contributed by atoms with Crippen molar-refractivity contribution in [3.05, 3.63) is 17.5 Å². The minimum absolute atomic E-state index is 0.0781. The quantitative estimate of drug-likeness (QED) is 0.752. The largest absolute Gasteiger partial charge is 0.481 e. The average Bonchev–Trinajstić information content (AvgIpc) is 2.46. The normalized spacial score (nSPS) is 12.4. The maximum Gasteiger partial charge on any atom is 0.356 e. The first-order valence-corrected chi connectivity index (χ1v) is 4.40. The number of nitrogens with zero attached hydrogens (tertiary/aromatic N) is 2. The second-order valence-electron chi connectivity index (χ2n) is 3.43. The van der Waals surface area contributed by atoms with Crippen LogP contribution in [0.1, 0.15) is 23.0 Å². The lowest BCUT2D eigenvalue weighted by Crippen LogP contribution is -2.13. The molecule has 0 spiro atoms. The standard InChI is InChI=1S/C9H12N2O4/c1-5(8(12)13)3-6-4-11(2)10-7(6)9(14)15/h4-5H,3H2,1-2H3,(H,12,13)(H,14,15). The van der Waals surface area contributed by atoms with Crippen LogP contribution in [0.3, 0.4) is 0 Å². The summed E-state index contributed by atoms with van der Waals surface area (Å²) in [5, 5.41) is 21.3. The molecule has 0 radical (unpaired) electrons. The predicted octanol–water partition coefficient (Wildman–Crippen LogP) is 0.381. The second kappa shape index (κ2) is 4.12. The fourth-order valence-corrected chi connectivity index (χ4v) is 1.28. The summed E-state index contributed by atoms with van der Waals surface area (Å²) in [6.07, 6.45) is 1.70. The zero-order valence-electron chi connectivity index (χ0n) is 8.47. The van der Waals surface area contributed by atoms with E-state index in [1.165, 1.54) is 17.8 Å². The number of carbonyl (C=O) groups is 2. The molecule has 0 fully saturated rings. The fourth-order valence-electron chi connectivity index (χ4n) is 1.28. The van der Waals surface area contributed by atoms with Gasteiger partial charge in [-0.05, 0) is 6.42 Å². The van der Waals surface area contributed by atoms with Gasteiger partial charge in [0.1, 0.15) is 0 Å². The van der Waals surface area contributed by atoms with Crippen LogP contribution in [-0.4, -0.2) is 31.9 Å². The minimum atomic E-state index is -1.14. The van der Waals surface area contributed by atoms with Gasteiger partial charge in [0.25, 0.3) is 0 Å². The molecular weight excluding hydrogens is 200 g/mol. The van der Waals surface area contributed by atoms with Crippen LogP contribution in [0, 0.1) is 5.92 Å². The van der Waals surface area contributed by atoms with Crippen LogP contribution in [-0.2, 0) is 18.3 Å². The summed E-state index contributed by atoms with van der Waals surface area (Å²) in [7, 11) is 1.60. The molecule has 1 atom stereocenters. The van der Waals surface area contributed by atoms with Crippen LogP contribution in [0.2, 0.25) is 0 Å². The van der Waals surface area contributed by atoms with Gasteiger partial charge < -0.3 is 10.2 Å². The Balaban J connectivity index is 2.93. The smallest absolute Gasteiger partial charge is 0.356 e. The molecule has 1 aromatic heterocycles. The summed E-state index contributed by atoms with van der Waals surface area (Å²) in [6.45, 7) is 1.53. The Hall–Kier alpha value is -1.85. The van der Waals surface area contributed by atoms with Gasteiger partial charge in [-0.15, -0.1) is 0 Å². The summed E-state index contributed by atoms with van der Waals surface area (Å²) < 4.78 is 1.37. The first kappa shape index (κ1) is 11.2. The van der Waals surface area contributed by atoms with Crippen molar-refractivity contribution >= 4 is 11.9 Å². The molecule has 6 heteroatoms. The monoisotopic (exact) mass is 212 g/mol. The van der Waals surface area contributed by atoms with Gasteiger partial charge >= 0.3 is 11.9 Å². The summed E-state index contributed by atoms with van der Waals surface area (Å²) in [4.78, 5) is 21.4. The number of aromatic nitrogens is 2. The molecular formula is C9H12N2O4. The third-order valence-corrected chi connectivity index (χ3v) is 2.05. The van der Waals surface area contributed by atoms with Crippen LogP contribution < -0.4 is 0 Å². The van der Waals surface area contributed by atoms with E-state index in [4.69, 9.17) is 10.2 Å². The Bertz CT molecular complexity index is 397.